The molecule has 0 radical (unpaired) electrons. The fourth-order valence-corrected chi connectivity index (χ4v) is 5.23. The molecule has 0 aliphatic heterocycles. The summed E-state index contributed by atoms with van der Waals surface area (Å²) in [5.41, 5.74) is 8.01. The van der Waals surface area contributed by atoms with Gasteiger partial charge in [0.2, 0.25) is 5.43 Å². The zero-order valence-electron chi connectivity index (χ0n) is 22.2. The molecule has 1 heterocycles. The molecule has 0 aliphatic rings. The number of aromatic nitrogens is 1. The maximum Gasteiger partial charge on any atom is 0.341 e. The standard InChI is InChI=1S/C32H31FN4O3/c1-2-22-28(34)26-30(37(19-24(31(26)38)32(39)40)18-15-20-9-4-3-5-10-20)27(33)29(22)36-17-16-35-25-14-8-12-21-11-6-7-13-23(21)25/h3-14,19,35-36H,2,15-18,34H2,1H3,(H,39,40). The highest BCUT2D eigenvalue weighted by Gasteiger charge is 2.24. The third-order valence-electron chi connectivity index (χ3n) is 7.20. The van der Waals surface area contributed by atoms with Crippen LogP contribution in [-0.4, -0.2) is 28.7 Å². The van der Waals surface area contributed by atoms with E-state index in [2.05, 4.69) is 10.6 Å². The predicted molar refractivity (Wildman–Crippen MR) is 160 cm³/mol. The Morgan fingerprint density at radius 1 is 0.975 bits per heavy atom. The SMILES string of the molecule is CCc1c(NCCNc2cccc3ccccc23)c(F)c2c(c1N)c(=O)c(C(=O)O)cn2CCc1ccccc1. The van der Waals surface area contributed by atoms with Crippen LogP contribution in [0, 0.1) is 5.82 Å². The fraction of sp³-hybridized carbons (Fsp3) is 0.188. The minimum atomic E-state index is -1.38. The monoisotopic (exact) mass is 538 g/mol. The van der Waals surface area contributed by atoms with Crippen molar-refractivity contribution in [1.29, 1.82) is 0 Å². The summed E-state index contributed by atoms with van der Waals surface area (Å²) in [5.74, 6) is -1.99. The van der Waals surface area contributed by atoms with E-state index in [1.807, 2.05) is 79.7 Å². The number of anilines is 3. The molecule has 8 heteroatoms. The molecule has 204 valence electrons. The second kappa shape index (κ2) is 11.5. The number of nitrogen functional groups attached to an aromatic ring is 1. The fourth-order valence-electron chi connectivity index (χ4n) is 5.23. The van der Waals surface area contributed by atoms with E-state index < -0.39 is 22.8 Å². The highest BCUT2D eigenvalue weighted by Crippen LogP contribution is 2.34. The van der Waals surface area contributed by atoms with Crippen molar-refractivity contribution in [1.82, 2.24) is 4.57 Å². The number of fused-ring (bicyclic) bond motifs is 2. The van der Waals surface area contributed by atoms with Crippen LogP contribution in [0.1, 0.15) is 28.4 Å². The lowest BCUT2D eigenvalue weighted by Gasteiger charge is -2.21. The Morgan fingerprint density at radius 3 is 2.42 bits per heavy atom. The van der Waals surface area contributed by atoms with E-state index in [0.29, 0.717) is 31.5 Å². The summed E-state index contributed by atoms with van der Waals surface area (Å²) in [5, 5.41) is 18.4. The molecular weight excluding hydrogens is 507 g/mol. The van der Waals surface area contributed by atoms with Crippen LogP contribution in [0.4, 0.5) is 21.5 Å². The van der Waals surface area contributed by atoms with Gasteiger partial charge in [-0.2, -0.15) is 0 Å². The number of benzene rings is 4. The molecule has 0 atom stereocenters. The number of pyridine rings is 1. The molecule has 0 fully saturated rings. The number of nitrogens with zero attached hydrogens (tertiary/aromatic N) is 1. The van der Waals surface area contributed by atoms with Crippen molar-refractivity contribution in [2.45, 2.75) is 26.3 Å². The number of halogens is 1. The number of hydrogen-bond acceptors (Lipinski definition) is 5. The zero-order chi connectivity index (χ0) is 28.2. The normalized spacial score (nSPS) is 11.2. The number of rotatable bonds is 10. The molecule has 5 rings (SSSR count). The third kappa shape index (κ3) is 5.08. The van der Waals surface area contributed by atoms with Crippen LogP contribution in [0.2, 0.25) is 0 Å². The summed E-state index contributed by atoms with van der Waals surface area (Å²) >= 11 is 0. The number of aromatic carboxylic acids is 1. The van der Waals surface area contributed by atoms with E-state index in [1.165, 1.54) is 10.8 Å². The largest absolute Gasteiger partial charge is 0.477 e. The summed E-state index contributed by atoms with van der Waals surface area (Å²) in [7, 11) is 0. The van der Waals surface area contributed by atoms with Crippen LogP contribution in [-0.2, 0) is 19.4 Å². The Labute approximate surface area is 231 Å². The molecular formula is C32H31FN4O3. The van der Waals surface area contributed by atoms with E-state index in [9.17, 15) is 14.7 Å². The maximum atomic E-state index is 16.3. The van der Waals surface area contributed by atoms with Gasteiger partial charge in [-0.25, -0.2) is 9.18 Å². The summed E-state index contributed by atoms with van der Waals surface area (Å²) in [6.45, 7) is 2.99. The number of carboxylic acid groups (broad SMARTS) is 1. The van der Waals surface area contributed by atoms with E-state index >= 15 is 4.39 Å². The molecule has 5 N–H and O–H groups in total. The van der Waals surface area contributed by atoms with Gasteiger partial charge in [-0.3, -0.25) is 4.79 Å². The minimum Gasteiger partial charge on any atom is -0.477 e. The molecule has 0 saturated carbocycles. The van der Waals surface area contributed by atoms with Crippen LogP contribution in [0.3, 0.4) is 0 Å². The molecule has 0 amide bonds. The van der Waals surface area contributed by atoms with Crippen molar-refractivity contribution in [3.05, 3.63) is 112 Å². The second-order valence-electron chi connectivity index (χ2n) is 9.64. The third-order valence-corrected chi connectivity index (χ3v) is 7.20. The average Bonchev–Trinajstić information content (AvgIpc) is 2.97. The van der Waals surface area contributed by atoms with Gasteiger partial charge in [0, 0.05) is 42.5 Å². The lowest BCUT2D eigenvalue weighted by Crippen LogP contribution is -2.23. The number of nitrogens with two attached hydrogens (primary N) is 1. The van der Waals surface area contributed by atoms with Crippen LogP contribution in [0.15, 0.2) is 83.8 Å². The molecule has 0 unspecified atom stereocenters. The van der Waals surface area contributed by atoms with Gasteiger partial charge >= 0.3 is 5.97 Å². The molecule has 0 aliphatic carbocycles. The number of hydrogen-bond donors (Lipinski definition) is 4. The molecule has 0 spiro atoms. The van der Waals surface area contributed by atoms with E-state index in [1.54, 1.807) is 0 Å². The van der Waals surface area contributed by atoms with Crippen molar-refractivity contribution >= 4 is 44.7 Å². The number of aryl methyl sites for hydroxylation is 2. The quantitative estimate of drug-likeness (QED) is 0.130. The van der Waals surface area contributed by atoms with Crippen LogP contribution in [0.25, 0.3) is 21.7 Å². The van der Waals surface area contributed by atoms with Gasteiger partial charge in [0.25, 0.3) is 0 Å². The topological polar surface area (TPSA) is 109 Å². The first kappa shape index (κ1) is 26.7. The van der Waals surface area contributed by atoms with Crippen molar-refractivity contribution in [3.8, 4) is 0 Å². The van der Waals surface area contributed by atoms with Crippen LogP contribution < -0.4 is 21.8 Å². The molecule has 5 aromatic rings. The average molecular weight is 539 g/mol. The molecule has 40 heavy (non-hydrogen) atoms. The van der Waals surface area contributed by atoms with E-state index in [4.69, 9.17) is 5.73 Å². The Bertz CT molecular complexity index is 1760. The van der Waals surface area contributed by atoms with Crippen molar-refractivity contribution in [2.75, 3.05) is 29.5 Å². The van der Waals surface area contributed by atoms with Gasteiger partial charge in [-0.1, -0.05) is 73.7 Å². The lowest BCUT2D eigenvalue weighted by atomic mass is 10.00. The second-order valence-corrected chi connectivity index (χ2v) is 9.64. The Hall–Kier alpha value is -4.85. The summed E-state index contributed by atoms with van der Waals surface area (Å²) in [6, 6.07) is 23.7. The molecule has 0 bridgehead atoms. The van der Waals surface area contributed by atoms with Crippen molar-refractivity contribution in [2.24, 2.45) is 0 Å². The predicted octanol–water partition coefficient (Wildman–Crippen LogP) is 5.90. The van der Waals surface area contributed by atoms with E-state index in [0.717, 1.165) is 22.0 Å². The molecule has 7 nitrogen and oxygen atoms in total. The number of carboxylic acids is 1. The van der Waals surface area contributed by atoms with E-state index in [-0.39, 0.29) is 28.8 Å². The minimum absolute atomic E-state index is 0.00476. The highest BCUT2D eigenvalue weighted by molar-refractivity contribution is 6.01. The number of nitrogens with one attached hydrogen (secondary N) is 2. The lowest BCUT2D eigenvalue weighted by molar-refractivity contribution is 0.0694. The maximum absolute atomic E-state index is 16.3. The Kier molecular flexibility index (Phi) is 7.68. The Balaban J connectivity index is 1.50. The van der Waals surface area contributed by atoms with Crippen molar-refractivity contribution in [3.63, 3.8) is 0 Å². The zero-order valence-corrected chi connectivity index (χ0v) is 22.2. The van der Waals surface area contributed by atoms with Crippen molar-refractivity contribution < 1.29 is 14.3 Å². The first-order valence-electron chi connectivity index (χ1n) is 13.3. The molecule has 1 aromatic heterocycles. The summed E-state index contributed by atoms with van der Waals surface area (Å²) in [6.07, 6.45) is 2.10. The Morgan fingerprint density at radius 2 is 1.68 bits per heavy atom. The van der Waals surface area contributed by atoms with Gasteiger partial charge in [0.15, 0.2) is 5.82 Å². The highest BCUT2D eigenvalue weighted by atomic mass is 19.1. The first-order chi connectivity index (χ1) is 19.4. The van der Waals surface area contributed by atoms with Gasteiger partial charge in [0.05, 0.1) is 22.3 Å². The smallest absolute Gasteiger partial charge is 0.341 e. The van der Waals surface area contributed by atoms with Gasteiger partial charge in [-0.15, -0.1) is 0 Å². The molecule has 0 saturated heterocycles. The van der Waals surface area contributed by atoms with Crippen LogP contribution in [0.5, 0.6) is 0 Å². The van der Waals surface area contributed by atoms with Gasteiger partial charge < -0.3 is 26.0 Å². The van der Waals surface area contributed by atoms with Gasteiger partial charge in [0.1, 0.15) is 5.56 Å². The summed E-state index contributed by atoms with van der Waals surface area (Å²) < 4.78 is 17.8. The summed E-state index contributed by atoms with van der Waals surface area (Å²) in [4.78, 5) is 25.1. The number of carbonyl (C=O) groups is 1. The van der Waals surface area contributed by atoms with Gasteiger partial charge in [-0.05, 0) is 29.9 Å². The van der Waals surface area contributed by atoms with Crippen LogP contribution >= 0.6 is 0 Å². The first-order valence-corrected chi connectivity index (χ1v) is 13.3. The molecule has 4 aromatic carbocycles.